The molecule has 2 rings (SSSR count). The summed E-state index contributed by atoms with van der Waals surface area (Å²) in [5.41, 5.74) is -0.0658. The third kappa shape index (κ3) is 4.24. The van der Waals surface area contributed by atoms with Gasteiger partial charge < -0.3 is 10.0 Å². The monoisotopic (exact) mass is 329 g/mol. The maximum atomic E-state index is 12.5. The minimum atomic E-state index is -4.38. The fourth-order valence-electron chi connectivity index (χ4n) is 2.70. The number of carbonyl (C=O) groups is 2. The van der Waals surface area contributed by atoms with Crippen molar-refractivity contribution in [3.8, 4) is 0 Å². The van der Waals surface area contributed by atoms with Gasteiger partial charge >= 0.3 is 12.1 Å². The number of benzene rings is 1. The smallest absolute Gasteiger partial charge is 0.416 e. The maximum absolute atomic E-state index is 12.5. The molecule has 0 radical (unpaired) electrons. The van der Waals surface area contributed by atoms with Crippen LogP contribution in [0.5, 0.6) is 0 Å². The second-order valence-corrected chi connectivity index (χ2v) is 5.89. The Labute approximate surface area is 131 Å². The summed E-state index contributed by atoms with van der Waals surface area (Å²) >= 11 is 0. The molecule has 1 N–H and O–H groups in total. The third-order valence-electron chi connectivity index (χ3n) is 4.18. The van der Waals surface area contributed by atoms with Gasteiger partial charge in [-0.05, 0) is 30.0 Å². The highest BCUT2D eigenvalue weighted by atomic mass is 19.4. The van der Waals surface area contributed by atoms with E-state index in [1.54, 1.807) is 6.92 Å². The van der Waals surface area contributed by atoms with E-state index >= 15 is 0 Å². The van der Waals surface area contributed by atoms with E-state index in [1.165, 1.54) is 17.0 Å². The van der Waals surface area contributed by atoms with Gasteiger partial charge in [0.25, 0.3) is 0 Å². The van der Waals surface area contributed by atoms with Gasteiger partial charge in [0, 0.05) is 19.5 Å². The Bertz CT molecular complexity index is 583. The van der Waals surface area contributed by atoms with Crippen LogP contribution in [0.4, 0.5) is 13.2 Å². The molecule has 1 aliphatic heterocycles. The molecule has 2 unspecified atom stereocenters. The molecule has 0 bridgehead atoms. The average molecular weight is 329 g/mol. The molecule has 1 saturated heterocycles. The van der Waals surface area contributed by atoms with Crippen molar-refractivity contribution in [3.05, 3.63) is 35.4 Å². The zero-order valence-electron chi connectivity index (χ0n) is 12.6. The SMILES string of the molecule is CC(CC(=O)N1CCC(C(=O)O)C1)c1ccc(C(F)(F)F)cc1. The number of rotatable bonds is 4. The van der Waals surface area contributed by atoms with E-state index in [4.69, 9.17) is 5.11 Å². The van der Waals surface area contributed by atoms with E-state index < -0.39 is 23.6 Å². The summed E-state index contributed by atoms with van der Waals surface area (Å²) in [6.07, 6.45) is -3.79. The average Bonchev–Trinajstić information content (AvgIpc) is 2.96. The van der Waals surface area contributed by atoms with Crippen LogP contribution in [0, 0.1) is 5.92 Å². The Morgan fingerprint density at radius 3 is 2.39 bits per heavy atom. The quantitative estimate of drug-likeness (QED) is 0.923. The zero-order valence-corrected chi connectivity index (χ0v) is 12.6. The Morgan fingerprint density at radius 2 is 1.91 bits per heavy atom. The standard InChI is InChI=1S/C16H18F3NO3/c1-10(11-2-4-13(5-3-11)16(17,18)19)8-14(21)20-7-6-12(9-20)15(22)23/h2-5,10,12H,6-9H2,1H3,(H,22,23). The molecule has 1 heterocycles. The molecule has 0 saturated carbocycles. The fraction of sp³-hybridized carbons (Fsp3) is 0.500. The Hall–Kier alpha value is -2.05. The lowest BCUT2D eigenvalue weighted by Crippen LogP contribution is -2.30. The number of amides is 1. The van der Waals surface area contributed by atoms with Crippen LogP contribution < -0.4 is 0 Å². The van der Waals surface area contributed by atoms with Crippen LogP contribution in [0.3, 0.4) is 0 Å². The molecule has 1 amide bonds. The molecule has 23 heavy (non-hydrogen) atoms. The summed E-state index contributed by atoms with van der Waals surface area (Å²) in [6, 6.07) is 4.77. The number of carboxylic acid groups (broad SMARTS) is 1. The van der Waals surface area contributed by atoms with Crippen LogP contribution >= 0.6 is 0 Å². The Balaban J connectivity index is 1.95. The van der Waals surface area contributed by atoms with Crippen LogP contribution in [-0.4, -0.2) is 35.0 Å². The van der Waals surface area contributed by atoms with E-state index in [0.29, 0.717) is 18.5 Å². The fourth-order valence-corrected chi connectivity index (χ4v) is 2.70. The van der Waals surface area contributed by atoms with Crippen molar-refractivity contribution in [1.82, 2.24) is 4.90 Å². The molecule has 4 nitrogen and oxygen atoms in total. The van der Waals surface area contributed by atoms with Gasteiger partial charge in [-0.2, -0.15) is 13.2 Å². The number of likely N-dealkylation sites (tertiary alicyclic amines) is 1. The number of hydrogen-bond acceptors (Lipinski definition) is 2. The van der Waals surface area contributed by atoms with E-state index in [9.17, 15) is 22.8 Å². The maximum Gasteiger partial charge on any atom is 0.416 e. The first-order valence-electron chi connectivity index (χ1n) is 7.36. The summed E-state index contributed by atoms with van der Waals surface area (Å²) in [5, 5.41) is 8.93. The van der Waals surface area contributed by atoms with Crippen molar-refractivity contribution < 1.29 is 27.9 Å². The van der Waals surface area contributed by atoms with Crippen molar-refractivity contribution in [3.63, 3.8) is 0 Å². The number of carboxylic acids is 1. The highest BCUT2D eigenvalue weighted by Crippen LogP contribution is 2.31. The largest absolute Gasteiger partial charge is 0.481 e. The van der Waals surface area contributed by atoms with Crippen LogP contribution in [0.2, 0.25) is 0 Å². The summed E-state index contributed by atoms with van der Waals surface area (Å²) in [6.45, 7) is 2.38. The van der Waals surface area contributed by atoms with Crippen LogP contribution in [-0.2, 0) is 15.8 Å². The van der Waals surface area contributed by atoms with Crippen molar-refractivity contribution in [2.24, 2.45) is 5.92 Å². The number of halogens is 3. The first-order chi connectivity index (χ1) is 10.7. The minimum Gasteiger partial charge on any atom is -0.481 e. The van der Waals surface area contributed by atoms with E-state index in [1.807, 2.05) is 0 Å². The minimum absolute atomic E-state index is 0.150. The molecule has 0 spiro atoms. The molecule has 0 aliphatic carbocycles. The predicted octanol–water partition coefficient (Wildman–Crippen LogP) is 3.13. The normalized spacial score (nSPS) is 19.7. The van der Waals surface area contributed by atoms with E-state index in [0.717, 1.165) is 12.1 Å². The lowest BCUT2D eigenvalue weighted by molar-refractivity contribution is -0.141. The second-order valence-electron chi connectivity index (χ2n) is 5.89. The molecule has 126 valence electrons. The van der Waals surface area contributed by atoms with E-state index in [-0.39, 0.29) is 24.8 Å². The van der Waals surface area contributed by atoms with Gasteiger partial charge in [-0.3, -0.25) is 9.59 Å². The van der Waals surface area contributed by atoms with Crippen LogP contribution in [0.15, 0.2) is 24.3 Å². The van der Waals surface area contributed by atoms with Crippen molar-refractivity contribution in [2.75, 3.05) is 13.1 Å². The molecule has 1 aliphatic rings. The molecule has 0 aromatic heterocycles. The molecule has 7 heteroatoms. The second kappa shape index (κ2) is 6.60. The molecular weight excluding hydrogens is 311 g/mol. The highest BCUT2D eigenvalue weighted by molar-refractivity contribution is 5.79. The molecule has 2 atom stereocenters. The summed E-state index contributed by atoms with van der Waals surface area (Å²) in [7, 11) is 0. The lowest BCUT2D eigenvalue weighted by Gasteiger charge is -2.19. The summed E-state index contributed by atoms with van der Waals surface area (Å²) < 4.78 is 37.6. The number of carbonyl (C=O) groups excluding carboxylic acids is 1. The van der Waals surface area contributed by atoms with Crippen LogP contribution in [0.1, 0.15) is 36.8 Å². The number of alkyl halides is 3. The summed E-state index contributed by atoms with van der Waals surface area (Å²) in [4.78, 5) is 24.6. The topological polar surface area (TPSA) is 57.6 Å². The lowest BCUT2D eigenvalue weighted by atomic mass is 9.96. The number of hydrogen-bond donors (Lipinski definition) is 1. The van der Waals surface area contributed by atoms with Crippen molar-refractivity contribution >= 4 is 11.9 Å². The van der Waals surface area contributed by atoms with Gasteiger partial charge in [0.2, 0.25) is 5.91 Å². The van der Waals surface area contributed by atoms with Gasteiger partial charge in [0.05, 0.1) is 11.5 Å². The molecule has 1 aromatic carbocycles. The number of aliphatic carboxylic acids is 1. The molecule has 1 aromatic rings. The third-order valence-corrected chi connectivity index (χ3v) is 4.18. The van der Waals surface area contributed by atoms with E-state index in [2.05, 4.69) is 0 Å². The molecular formula is C16H18F3NO3. The van der Waals surface area contributed by atoms with Gasteiger partial charge in [0.15, 0.2) is 0 Å². The van der Waals surface area contributed by atoms with Gasteiger partial charge in [-0.25, -0.2) is 0 Å². The van der Waals surface area contributed by atoms with Gasteiger partial charge in [-0.1, -0.05) is 19.1 Å². The Morgan fingerprint density at radius 1 is 1.30 bits per heavy atom. The van der Waals surface area contributed by atoms with Crippen molar-refractivity contribution in [2.45, 2.75) is 31.9 Å². The first-order valence-corrected chi connectivity index (χ1v) is 7.36. The van der Waals surface area contributed by atoms with Gasteiger partial charge in [-0.15, -0.1) is 0 Å². The number of nitrogens with zero attached hydrogens (tertiary/aromatic N) is 1. The van der Waals surface area contributed by atoms with Crippen LogP contribution in [0.25, 0.3) is 0 Å². The van der Waals surface area contributed by atoms with Gasteiger partial charge in [0.1, 0.15) is 0 Å². The molecule has 1 fully saturated rings. The predicted molar refractivity (Wildman–Crippen MR) is 76.8 cm³/mol. The first kappa shape index (κ1) is 17.3. The summed E-state index contributed by atoms with van der Waals surface area (Å²) in [5.74, 6) is -1.83. The highest BCUT2D eigenvalue weighted by Gasteiger charge is 2.32. The van der Waals surface area contributed by atoms with Crippen molar-refractivity contribution in [1.29, 1.82) is 0 Å². The zero-order chi connectivity index (χ0) is 17.2. The Kier molecular flexibility index (Phi) is 4.97.